The largest absolute Gasteiger partial charge is 0.378 e. The van der Waals surface area contributed by atoms with E-state index < -0.39 is 0 Å². The highest BCUT2D eigenvalue weighted by Gasteiger charge is 2.22. The molecule has 0 bridgehead atoms. The molecule has 2 atom stereocenters. The zero-order valence-corrected chi connectivity index (χ0v) is 10.1. The second-order valence-corrected chi connectivity index (χ2v) is 5.42. The van der Waals surface area contributed by atoms with Gasteiger partial charge in [0.1, 0.15) is 0 Å². The summed E-state index contributed by atoms with van der Waals surface area (Å²) in [4.78, 5) is 0. The van der Waals surface area contributed by atoms with Crippen LogP contribution in [0.5, 0.6) is 0 Å². The number of hydrogen-bond donors (Lipinski definition) is 1. The molecule has 0 saturated carbocycles. The first kappa shape index (κ1) is 12.0. The first-order valence-corrected chi connectivity index (χ1v) is 5.88. The van der Waals surface area contributed by atoms with E-state index in [4.69, 9.17) is 4.74 Å². The molecule has 1 heterocycles. The van der Waals surface area contributed by atoms with Gasteiger partial charge in [-0.3, -0.25) is 0 Å². The molecule has 0 aliphatic carbocycles. The van der Waals surface area contributed by atoms with Crippen LogP contribution in [-0.4, -0.2) is 24.8 Å². The summed E-state index contributed by atoms with van der Waals surface area (Å²) in [6.07, 6.45) is 4.13. The average molecular weight is 199 g/mol. The topological polar surface area (TPSA) is 21.3 Å². The standard InChI is InChI=1S/C12H25NO/c1-5-11-8-10(6-7-14-11)9-13-12(2,3)4/h10-11,13H,5-9H2,1-4H3. The van der Waals surface area contributed by atoms with Crippen LogP contribution in [0.1, 0.15) is 47.0 Å². The van der Waals surface area contributed by atoms with Crippen LogP contribution in [0.15, 0.2) is 0 Å². The summed E-state index contributed by atoms with van der Waals surface area (Å²) < 4.78 is 5.66. The van der Waals surface area contributed by atoms with Crippen molar-refractivity contribution in [2.75, 3.05) is 13.2 Å². The van der Waals surface area contributed by atoms with E-state index in [-0.39, 0.29) is 5.54 Å². The third-order valence-corrected chi connectivity index (χ3v) is 2.85. The van der Waals surface area contributed by atoms with Gasteiger partial charge in [-0.1, -0.05) is 6.92 Å². The van der Waals surface area contributed by atoms with Gasteiger partial charge in [0.15, 0.2) is 0 Å². The maximum absolute atomic E-state index is 5.66. The summed E-state index contributed by atoms with van der Waals surface area (Å²) in [5.41, 5.74) is 0.250. The first-order valence-electron chi connectivity index (χ1n) is 5.88. The van der Waals surface area contributed by atoms with Crippen LogP contribution in [0, 0.1) is 5.92 Å². The maximum Gasteiger partial charge on any atom is 0.0575 e. The van der Waals surface area contributed by atoms with Gasteiger partial charge in [-0.25, -0.2) is 0 Å². The van der Waals surface area contributed by atoms with Crippen LogP contribution in [0.4, 0.5) is 0 Å². The van der Waals surface area contributed by atoms with E-state index in [9.17, 15) is 0 Å². The summed E-state index contributed by atoms with van der Waals surface area (Å²) >= 11 is 0. The highest BCUT2D eigenvalue weighted by atomic mass is 16.5. The molecular weight excluding hydrogens is 174 g/mol. The van der Waals surface area contributed by atoms with Crippen LogP contribution in [0.3, 0.4) is 0 Å². The van der Waals surface area contributed by atoms with Crippen molar-refractivity contribution < 1.29 is 4.74 Å². The molecule has 1 rings (SSSR count). The lowest BCUT2D eigenvalue weighted by Crippen LogP contribution is -2.41. The van der Waals surface area contributed by atoms with Crippen molar-refractivity contribution in [3.63, 3.8) is 0 Å². The number of nitrogens with one attached hydrogen (secondary N) is 1. The van der Waals surface area contributed by atoms with Crippen LogP contribution < -0.4 is 5.32 Å². The summed E-state index contributed by atoms with van der Waals surface area (Å²) in [6, 6.07) is 0. The Morgan fingerprint density at radius 1 is 1.36 bits per heavy atom. The zero-order chi connectivity index (χ0) is 10.6. The molecule has 2 heteroatoms. The van der Waals surface area contributed by atoms with E-state index in [1.54, 1.807) is 0 Å². The molecule has 14 heavy (non-hydrogen) atoms. The van der Waals surface area contributed by atoms with Crippen molar-refractivity contribution in [2.24, 2.45) is 5.92 Å². The van der Waals surface area contributed by atoms with Crippen molar-refractivity contribution in [3.05, 3.63) is 0 Å². The third-order valence-electron chi connectivity index (χ3n) is 2.85. The van der Waals surface area contributed by atoms with Gasteiger partial charge in [-0.2, -0.15) is 0 Å². The molecular formula is C12H25NO. The van der Waals surface area contributed by atoms with Crippen molar-refractivity contribution in [1.29, 1.82) is 0 Å². The molecule has 1 saturated heterocycles. The Hall–Kier alpha value is -0.0800. The minimum atomic E-state index is 0.250. The van der Waals surface area contributed by atoms with E-state index in [0.717, 1.165) is 25.5 Å². The van der Waals surface area contributed by atoms with Gasteiger partial charge in [0.25, 0.3) is 0 Å². The van der Waals surface area contributed by atoms with Gasteiger partial charge in [-0.05, 0) is 52.5 Å². The quantitative estimate of drug-likeness (QED) is 0.754. The summed E-state index contributed by atoms with van der Waals surface area (Å²) in [7, 11) is 0. The Morgan fingerprint density at radius 2 is 2.07 bits per heavy atom. The predicted octanol–water partition coefficient (Wildman–Crippen LogP) is 2.58. The minimum absolute atomic E-state index is 0.250. The smallest absolute Gasteiger partial charge is 0.0575 e. The minimum Gasteiger partial charge on any atom is -0.378 e. The highest BCUT2D eigenvalue weighted by Crippen LogP contribution is 2.21. The Kier molecular flexibility index (Phi) is 4.39. The molecule has 2 unspecified atom stereocenters. The van der Waals surface area contributed by atoms with Crippen LogP contribution in [-0.2, 0) is 4.74 Å². The molecule has 1 N–H and O–H groups in total. The molecule has 1 aliphatic rings. The normalized spacial score (nSPS) is 29.1. The van der Waals surface area contributed by atoms with Gasteiger partial charge in [0.05, 0.1) is 6.10 Å². The van der Waals surface area contributed by atoms with E-state index >= 15 is 0 Å². The molecule has 0 spiro atoms. The molecule has 1 aliphatic heterocycles. The van der Waals surface area contributed by atoms with Crippen molar-refractivity contribution in [1.82, 2.24) is 5.32 Å². The Bertz CT molecular complexity index is 162. The maximum atomic E-state index is 5.66. The van der Waals surface area contributed by atoms with Crippen LogP contribution in [0.2, 0.25) is 0 Å². The fourth-order valence-corrected chi connectivity index (χ4v) is 1.88. The summed E-state index contributed by atoms with van der Waals surface area (Å²) in [6.45, 7) is 11.0. The SMILES string of the molecule is CCC1CC(CNC(C)(C)C)CCO1. The second-order valence-electron chi connectivity index (χ2n) is 5.42. The molecule has 0 aromatic heterocycles. The van der Waals surface area contributed by atoms with Crippen molar-refractivity contribution >= 4 is 0 Å². The number of rotatable bonds is 3. The van der Waals surface area contributed by atoms with Crippen LogP contribution in [0.25, 0.3) is 0 Å². The zero-order valence-electron chi connectivity index (χ0n) is 10.1. The first-order chi connectivity index (χ1) is 6.51. The molecule has 0 amide bonds. The van der Waals surface area contributed by atoms with Gasteiger partial charge in [0, 0.05) is 12.1 Å². The molecule has 84 valence electrons. The van der Waals surface area contributed by atoms with E-state index in [1.807, 2.05) is 0 Å². The van der Waals surface area contributed by atoms with Crippen LogP contribution >= 0.6 is 0 Å². The number of ether oxygens (including phenoxy) is 1. The molecule has 0 radical (unpaired) electrons. The highest BCUT2D eigenvalue weighted by molar-refractivity contribution is 4.77. The third kappa shape index (κ3) is 4.43. The number of hydrogen-bond acceptors (Lipinski definition) is 2. The fraction of sp³-hybridized carbons (Fsp3) is 1.00. The monoisotopic (exact) mass is 199 g/mol. The lowest BCUT2D eigenvalue weighted by atomic mass is 9.93. The average Bonchev–Trinajstić information content (AvgIpc) is 2.14. The lowest BCUT2D eigenvalue weighted by molar-refractivity contribution is -0.0111. The molecule has 0 aromatic carbocycles. The Labute approximate surface area is 88.4 Å². The predicted molar refractivity (Wildman–Crippen MR) is 60.5 cm³/mol. The van der Waals surface area contributed by atoms with Crippen molar-refractivity contribution in [2.45, 2.75) is 58.6 Å². The Balaban J connectivity index is 2.24. The van der Waals surface area contributed by atoms with E-state index in [0.29, 0.717) is 6.10 Å². The van der Waals surface area contributed by atoms with Gasteiger partial charge < -0.3 is 10.1 Å². The molecule has 1 fully saturated rings. The second kappa shape index (κ2) is 5.13. The molecule has 0 aromatic rings. The van der Waals surface area contributed by atoms with Gasteiger partial charge >= 0.3 is 0 Å². The van der Waals surface area contributed by atoms with E-state index in [1.165, 1.54) is 12.8 Å². The summed E-state index contributed by atoms with van der Waals surface area (Å²) in [5.74, 6) is 0.813. The lowest BCUT2D eigenvalue weighted by Gasteiger charge is -2.31. The van der Waals surface area contributed by atoms with E-state index in [2.05, 4.69) is 33.0 Å². The molecule has 2 nitrogen and oxygen atoms in total. The van der Waals surface area contributed by atoms with Gasteiger partial charge in [0.2, 0.25) is 0 Å². The summed E-state index contributed by atoms with van der Waals surface area (Å²) in [5, 5.41) is 3.58. The van der Waals surface area contributed by atoms with Gasteiger partial charge in [-0.15, -0.1) is 0 Å². The Morgan fingerprint density at radius 3 is 2.64 bits per heavy atom. The van der Waals surface area contributed by atoms with Crippen molar-refractivity contribution in [3.8, 4) is 0 Å². The fourth-order valence-electron chi connectivity index (χ4n) is 1.88.